The molecule has 0 heterocycles. The Kier molecular flexibility index (Phi) is 6.01. The van der Waals surface area contributed by atoms with E-state index in [0.29, 0.717) is 22.6 Å². The Morgan fingerprint density at radius 1 is 1.22 bits per heavy atom. The maximum absolute atomic E-state index is 12.1. The highest BCUT2D eigenvalue weighted by Crippen LogP contribution is 2.29. The Bertz CT molecular complexity index is 690. The zero-order valence-electron chi connectivity index (χ0n) is 12.9. The molecule has 5 nitrogen and oxygen atoms in total. The van der Waals surface area contributed by atoms with E-state index in [1.807, 2.05) is 6.07 Å². The van der Waals surface area contributed by atoms with Crippen LogP contribution < -0.4 is 14.8 Å². The number of nitrogens with one attached hydrogen (secondary N) is 1. The minimum Gasteiger partial charge on any atom is -0.497 e. The van der Waals surface area contributed by atoms with Crippen LogP contribution >= 0.6 is 15.9 Å². The fraction of sp³-hybridized carbons (Fsp3) is 0.235. The van der Waals surface area contributed by atoms with E-state index in [4.69, 9.17) is 9.47 Å². The van der Waals surface area contributed by atoms with Crippen molar-refractivity contribution in [2.75, 3.05) is 20.8 Å². The topological polar surface area (TPSA) is 67.8 Å². The summed E-state index contributed by atoms with van der Waals surface area (Å²) in [5.41, 5.74) is 1.07. The van der Waals surface area contributed by atoms with Crippen molar-refractivity contribution in [1.82, 2.24) is 5.32 Å². The maximum atomic E-state index is 12.1. The van der Waals surface area contributed by atoms with E-state index in [1.54, 1.807) is 43.5 Å². The molecule has 0 saturated carbocycles. The van der Waals surface area contributed by atoms with Gasteiger partial charge in [-0.2, -0.15) is 0 Å². The number of aliphatic hydroxyl groups is 1. The van der Waals surface area contributed by atoms with Gasteiger partial charge in [0.15, 0.2) is 0 Å². The summed E-state index contributed by atoms with van der Waals surface area (Å²) in [4.78, 5) is 12.1. The lowest BCUT2D eigenvalue weighted by atomic mass is 10.1. The summed E-state index contributed by atoms with van der Waals surface area (Å²) in [6, 6.07) is 12.2. The first-order chi connectivity index (χ1) is 11.0. The summed E-state index contributed by atoms with van der Waals surface area (Å²) < 4.78 is 11.2. The van der Waals surface area contributed by atoms with Crippen LogP contribution in [-0.2, 0) is 0 Å². The molecule has 2 aromatic carbocycles. The molecular weight excluding hydrogens is 362 g/mol. The van der Waals surface area contributed by atoms with E-state index in [-0.39, 0.29) is 12.5 Å². The minimum absolute atomic E-state index is 0.0644. The van der Waals surface area contributed by atoms with Gasteiger partial charge in [-0.15, -0.1) is 0 Å². The number of carbonyl (C=O) groups is 1. The van der Waals surface area contributed by atoms with Crippen molar-refractivity contribution in [1.29, 1.82) is 0 Å². The second-order valence-electron chi connectivity index (χ2n) is 4.84. The molecule has 1 amide bonds. The summed E-state index contributed by atoms with van der Waals surface area (Å²) in [5.74, 6) is 0.889. The number of hydrogen-bond donors (Lipinski definition) is 2. The smallest absolute Gasteiger partial charge is 0.251 e. The molecule has 0 aliphatic carbocycles. The molecule has 0 saturated heterocycles. The number of aliphatic hydroxyl groups excluding tert-OH is 1. The minimum atomic E-state index is -0.906. The van der Waals surface area contributed by atoms with E-state index in [9.17, 15) is 9.90 Å². The van der Waals surface area contributed by atoms with Gasteiger partial charge < -0.3 is 19.9 Å². The fourth-order valence-corrected chi connectivity index (χ4v) is 2.53. The quantitative estimate of drug-likeness (QED) is 0.809. The first-order valence-electron chi connectivity index (χ1n) is 6.99. The molecular formula is C17H18BrNO4. The third kappa shape index (κ3) is 4.46. The Balaban J connectivity index is 2.07. The van der Waals surface area contributed by atoms with Gasteiger partial charge in [0.05, 0.1) is 14.2 Å². The summed E-state index contributed by atoms with van der Waals surface area (Å²) >= 11 is 3.32. The Labute approximate surface area is 143 Å². The van der Waals surface area contributed by atoms with Crippen LogP contribution in [0.3, 0.4) is 0 Å². The second kappa shape index (κ2) is 7.99. The van der Waals surface area contributed by atoms with Crippen molar-refractivity contribution in [2.45, 2.75) is 6.10 Å². The van der Waals surface area contributed by atoms with Gasteiger partial charge in [0.25, 0.3) is 5.91 Å². The van der Waals surface area contributed by atoms with Crippen molar-refractivity contribution in [3.63, 3.8) is 0 Å². The van der Waals surface area contributed by atoms with Crippen LogP contribution in [0.4, 0.5) is 0 Å². The van der Waals surface area contributed by atoms with Gasteiger partial charge in [0.2, 0.25) is 0 Å². The third-order valence-electron chi connectivity index (χ3n) is 3.34. The van der Waals surface area contributed by atoms with Gasteiger partial charge in [-0.3, -0.25) is 4.79 Å². The summed E-state index contributed by atoms with van der Waals surface area (Å²) in [6.45, 7) is 0.0644. The predicted molar refractivity (Wildman–Crippen MR) is 91.0 cm³/mol. The molecule has 122 valence electrons. The van der Waals surface area contributed by atoms with Crippen molar-refractivity contribution in [3.05, 3.63) is 58.1 Å². The monoisotopic (exact) mass is 379 g/mol. The summed E-state index contributed by atoms with van der Waals surface area (Å²) in [7, 11) is 3.07. The normalized spacial score (nSPS) is 11.7. The highest BCUT2D eigenvalue weighted by molar-refractivity contribution is 9.10. The molecule has 1 atom stereocenters. The van der Waals surface area contributed by atoms with Crippen molar-refractivity contribution in [2.24, 2.45) is 0 Å². The standard InChI is InChI=1S/C17H18BrNO4/c1-22-13-6-7-16(23-2)14(9-13)15(20)10-19-17(21)11-4-3-5-12(18)8-11/h3-9,15,20H,10H2,1-2H3,(H,19,21). The van der Waals surface area contributed by atoms with Crippen LogP contribution in [0.5, 0.6) is 11.5 Å². The summed E-state index contributed by atoms with van der Waals surface area (Å²) in [6.07, 6.45) is -0.906. The van der Waals surface area contributed by atoms with E-state index in [1.165, 1.54) is 7.11 Å². The number of ether oxygens (including phenoxy) is 2. The molecule has 2 rings (SSSR count). The van der Waals surface area contributed by atoms with Gasteiger partial charge in [0.1, 0.15) is 17.6 Å². The maximum Gasteiger partial charge on any atom is 0.251 e. The Hall–Kier alpha value is -2.05. The van der Waals surface area contributed by atoms with E-state index in [2.05, 4.69) is 21.2 Å². The van der Waals surface area contributed by atoms with Crippen LogP contribution in [0, 0.1) is 0 Å². The number of benzene rings is 2. The molecule has 0 spiro atoms. The lowest BCUT2D eigenvalue weighted by Crippen LogP contribution is -2.28. The van der Waals surface area contributed by atoms with Gasteiger partial charge in [-0.25, -0.2) is 0 Å². The molecule has 2 aromatic rings. The molecule has 2 N–H and O–H groups in total. The Morgan fingerprint density at radius 2 is 2.00 bits per heavy atom. The molecule has 0 radical (unpaired) electrons. The highest BCUT2D eigenvalue weighted by Gasteiger charge is 2.16. The molecule has 0 aliphatic rings. The summed E-state index contributed by atoms with van der Waals surface area (Å²) in [5, 5.41) is 13.1. The van der Waals surface area contributed by atoms with Gasteiger partial charge in [-0.05, 0) is 36.4 Å². The van der Waals surface area contributed by atoms with Gasteiger partial charge in [-0.1, -0.05) is 22.0 Å². The zero-order valence-corrected chi connectivity index (χ0v) is 14.5. The average Bonchev–Trinajstić information content (AvgIpc) is 2.58. The van der Waals surface area contributed by atoms with Crippen molar-refractivity contribution in [3.8, 4) is 11.5 Å². The second-order valence-corrected chi connectivity index (χ2v) is 5.76. The average molecular weight is 380 g/mol. The highest BCUT2D eigenvalue weighted by atomic mass is 79.9. The number of amides is 1. The molecule has 6 heteroatoms. The van der Waals surface area contributed by atoms with Crippen LogP contribution in [0.2, 0.25) is 0 Å². The first-order valence-corrected chi connectivity index (χ1v) is 7.78. The molecule has 23 heavy (non-hydrogen) atoms. The van der Waals surface area contributed by atoms with E-state index < -0.39 is 6.10 Å². The van der Waals surface area contributed by atoms with Gasteiger partial charge in [0, 0.05) is 22.1 Å². The number of carbonyl (C=O) groups excluding carboxylic acids is 1. The lowest BCUT2D eigenvalue weighted by Gasteiger charge is -2.16. The number of methoxy groups -OCH3 is 2. The number of hydrogen-bond acceptors (Lipinski definition) is 4. The largest absolute Gasteiger partial charge is 0.497 e. The van der Waals surface area contributed by atoms with Crippen LogP contribution in [0.1, 0.15) is 22.0 Å². The van der Waals surface area contributed by atoms with Crippen molar-refractivity contribution >= 4 is 21.8 Å². The van der Waals surface area contributed by atoms with Crippen molar-refractivity contribution < 1.29 is 19.4 Å². The van der Waals surface area contributed by atoms with Gasteiger partial charge >= 0.3 is 0 Å². The molecule has 0 aromatic heterocycles. The Morgan fingerprint density at radius 3 is 2.65 bits per heavy atom. The molecule has 0 aliphatic heterocycles. The molecule has 0 fully saturated rings. The lowest BCUT2D eigenvalue weighted by molar-refractivity contribution is 0.0914. The SMILES string of the molecule is COc1ccc(OC)c(C(O)CNC(=O)c2cccc(Br)c2)c1. The zero-order chi connectivity index (χ0) is 16.8. The van der Waals surface area contributed by atoms with E-state index in [0.717, 1.165) is 4.47 Å². The fourth-order valence-electron chi connectivity index (χ4n) is 2.13. The molecule has 1 unspecified atom stereocenters. The van der Waals surface area contributed by atoms with E-state index >= 15 is 0 Å². The molecule has 0 bridgehead atoms. The first kappa shape index (κ1) is 17.3. The number of halogens is 1. The van der Waals surface area contributed by atoms with Crippen LogP contribution in [0.25, 0.3) is 0 Å². The predicted octanol–water partition coefficient (Wildman–Crippen LogP) is 2.93. The third-order valence-corrected chi connectivity index (χ3v) is 3.83. The van der Waals surface area contributed by atoms with Crippen LogP contribution in [0.15, 0.2) is 46.9 Å². The van der Waals surface area contributed by atoms with Crippen LogP contribution in [-0.4, -0.2) is 31.8 Å². The number of rotatable bonds is 6.